The van der Waals surface area contributed by atoms with Crippen LogP contribution >= 0.6 is 11.8 Å². The second-order valence-electron chi connectivity index (χ2n) is 5.44. The lowest BCUT2D eigenvalue weighted by atomic mass is 10.1. The van der Waals surface area contributed by atoms with E-state index >= 15 is 0 Å². The Labute approximate surface area is 158 Å². The van der Waals surface area contributed by atoms with Crippen molar-refractivity contribution in [2.45, 2.75) is 6.61 Å². The summed E-state index contributed by atoms with van der Waals surface area (Å²) in [5.74, 6) is 0.357. The average molecular weight is 386 g/mol. The number of nitro benzene ring substituents is 1. The predicted octanol–water partition coefficient (Wildman–Crippen LogP) is 3.51. The number of nitrogens with zero attached hydrogens (tertiary/aromatic N) is 1. The van der Waals surface area contributed by atoms with Crippen molar-refractivity contribution < 1.29 is 24.0 Å². The summed E-state index contributed by atoms with van der Waals surface area (Å²) < 4.78 is 11.0. The zero-order chi connectivity index (χ0) is 19.4. The topological polar surface area (TPSA) is 108 Å². The number of methoxy groups -OCH3 is 1. The Bertz CT molecular complexity index is 957. The number of carbonyl (C=O) groups is 2. The van der Waals surface area contributed by atoms with Gasteiger partial charge in [-0.3, -0.25) is 25.0 Å². The van der Waals surface area contributed by atoms with Crippen LogP contribution in [0.2, 0.25) is 0 Å². The van der Waals surface area contributed by atoms with Crippen molar-refractivity contribution in [3.8, 4) is 11.5 Å². The van der Waals surface area contributed by atoms with Crippen molar-refractivity contribution in [3.05, 3.63) is 68.6 Å². The standard InChI is InChI=1S/C18H14N2O6S/c1-25-15-8-11(9-16-17(21)19-18(22)27-16)6-7-14(15)26-10-12-4-2-3-5-13(12)20(23)24/h2-9H,10H2,1H3,(H,19,21,22)/b16-9-. The first-order chi connectivity index (χ1) is 13.0. The third-order valence-corrected chi connectivity index (χ3v) is 4.51. The van der Waals surface area contributed by atoms with Gasteiger partial charge < -0.3 is 9.47 Å². The lowest BCUT2D eigenvalue weighted by Crippen LogP contribution is -2.17. The Morgan fingerprint density at radius 1 is 1.19 bits per heavy atom. The summed E-state index contributed by atoms with van der Waals surface area (Å²) in [7, 11) is 1.46. The number of imide groups is 1. The van der Waals surface area contributed by atoms with E-state index in [-0.39, 0.29) is 17.2 Å². The molecule has 1 aliphatic rings. The molecule has 9 heteroatoms. The molecule has 27 heavy (non-hydrogen) atoms. The van der Waals surface area contributed by atoms with Crippen LogP contribution in [-0.2, 0) is 11.4 Å². The maximum Gasteiger partial charge on any atom is 0.290 e. The van der Waals surface area contributed by atoms with E-state index in [1.165, 1.54) is 13.2 Å². The van der Waals surface area contributed by atoms with Crippen LogP contribution in [0.4, 0.5) is 10.5 Å². The molecule has 1 saturated heterocycles. The molecule has 2 amide bonds. The van der Waals surface area contributed by atoms with E-state index in [4.69, 9.17) is 9.47 Å². The third kappa shape index (κ3) is 4.26. The first-order valence-corrected chi connectivity index (χ1v) is 8.57. The van der Waals surface area contributed by atoms with Crippen molar-refractivity contribution in [2.24, 2.45) is 0 Å². The number of carbonyl (C=O) groups excluding carboxylic acids is 2. The molecule has 0 unspecified atom stereocenters. The molecule has 0 bridgehead atoms. The molecular weight excluding hydrogens is 372 g/mol. The van der Waals surface area contributed by atoms with Crippen LogP contribution in [0, 0.1) is 10.1 Å². The Kier molecular flexibility index (Phi) is 5.41. The summed E-state index contributed by atoms with van der Waals surface area (Å²) in [6, 6.07) is 11.3. The predicted molar refractivity (Wildman–Crippen MR) is 99.5 cm³/mol. The molecule has 3 rings (SSSR count). The highest BCUT2D eigenvalue weighted by Crippen LogP contribution is 2.32. The van der Waals surface area contributed by atoms with Crippen molar-refractivity contribution in [2.75, 3.05) is 7.11 Å². The highest BCUT2D eigenvalue weighted by Gasteiger charge is 2.25. The second-order valence-corrected chi connectivity index (χ2v) is 6.45. The van der Waals surface area contributed by atoms with Crippen LogP contribution in [-0.4, -0.2) is 23.2 Å². The van der Waals surface area contributed by atoms with Crippen LogP contribution in [0.1, 0.15) is 11.1 Å². The van der Waals surface area contributed by atoms with Gasteiger partial charge in [-0.05, 0) is 41.6 Å². The van der Waals surface area contributed by atoms with Gasteiger partial charge in [-0.25, -0.2) is 0 Å². The van der Waals surface area contributed by atoms with E-state index in [1.54, 1.807) is 42.5 Å². The number of rotatable bonds is 6. The van der Waals surface area contributed by atoms with Crippen LogP contribution in [0.5, 0.6) is 11.5 Å². The molecule has 8 nitrogen and oxygen atoms in total. The summed E-state index contributed by atoms with van der Waals surface area (Å²) >= 11 is 0.824. The Balaban J connectivity index is 1.79. The van der Waals surface area contributed by atoms with Crippen molar-refractivity contribution >= 4 is 34.7 Å². The first kappa shape index (κ1) is 18.5. The summed E-state index contributed by atoms with van der Waals surface area (Å²) in [5.41, 5.74) is 1.07. The molecule has 0 atom stereocenters. The van der Waals surface area contributed by atoms with E-state index < -0.39 is 16.1 Å². The maximum atomic E-state index is 11.6. The van der Waals surface area contributed by atoms with E-state index in [1.807, 2.05) is 0 Å². The second kappa shape index (κ2) is 7.92. The van der Waals surface area contributed by atoms with Crippen molar-refractivity contribution in [3.63, 3.8) is 0 Å². The number of hydrogen-bond acceptors (Lipinski definition) is 7. The van der Waals surface area contributed by atoms with E-state index in [0.717, 1.165) is 11.8 Å². The van der Waals surface area contributed by atoms with Crippen LogP contribution < -0.4 is 14.8 Å². The van der Waals surface area contributed by atoms with Crippen LogP contribution in [0.15, 0.2) is 47.4 Å². The molecule has 1 fully saturated rings. The third-order valence-electron chi connectivity index (χ3n) is 3.70. The van der Waals surface area contributed by atoms with E-state index in [9.17, 15) is 19.7 Å². The van der Waals surface area contributed by atoms with Gasteiger partial charge in [0.05, 0.1) is 22.5 Å². The fraction of sp³-hybridized carbons (Fsp3) is 0.111. The maximum absolute atomic E-state index is 11.6. The molecule has 1 N–H and O–H groups in total. The van der Waals surface area contributed by atoms with Crippen molar-refractivity contribution in [1.29, 1.82) is 0 Å². The normalized spacial score (nSPS) is 14.9. The molecular formula is C18H14N2O6S. The van der Waals surface area contributed by atoms with Gasteiger partial charge in [-0.15, -0.1) is 0 Å². The quantitative estimate of drug-likeness (QED) is 0.460. The van der Waals surface area contributed by atoms with E-state index in [0.29, 0.717) is 22.6 Å². The van der Waals surface area contributed by atoms with E-state index in [2.05, 4.69) is 5.32 Å². The number of ether oxygens (including phenoxy) is 2. The first-order valence-electron chi connectivity index (χ1n) is 7.76. The largest absolute Gasteiger partial charge is 0.493 e. The fourth-order valence-corrected chi connectivity index (χ4v) is 3.11. The number of nitrogens with one attached hydrogen (secondary N) is 1. The minimum absolute atomic E-state index is 0.000703. The monoisotopic (exact) mass is 386 g/mol. The SMILES string of the molecule is COc1cc(/C=C2\SC(=O)NC2=O)ccc1OCc1ccccc1[N+](=O)[O-]. The van der Waals surface area contributed by atoms with Crippen molar-refractivity contribution in [1.82, 2.24) is 5.32 Å². The summed E-state index contributed by atoms with van der Waals surface area (Å²) in [6.45, 7) is 0.000703. The zero-order valence-corrected chi connectivity index (χ0v) is 14.9. The average Bonchev–Trinajstić information content (AvgIpc) is 2.97. The minimum Gasteiger partial charge on any atom is -0.493 e. The number of para-hydroxylation sites is 1. The molecule has 0 saturated carbocycles. The molecule has 2 aromatic rings. The number of nitro groups is 1. The van der Waals surface area contributed by atoms with Gasteiger partial charge in [0.1, 0.15) is 6.61 Å². The molecule has 0 radical (unpaired) electrons. The van der Waals surface area contributed by atoms with Gasteiger partial charge in [-0.1, -0.05) is 18.2 Å². The van der Waals surface area contributed by atoms with Crippen LogP contribution in [0.3, 0.4) is 0 Å². The van der Waals surface area contributed by atoms with Gasteiger partial charge in [0.15, 0.2) is 11.5 Å². The summed E-state index contributed by atoms with van der Waals surface area (Å²) in [4.78, 5) is 33.8. The fourth-order valence-electron chi connectivity index (χ4n) is 2.43. The highest BCUT2D eigenvalue weighted by molar-refractivity contribution is 8.18. The Hall–Kier alpha value is -3.33. The summed E-state index contributed by atoms with van der Waals surface area (Å²) in [5, 5.41) is 12.8. The Morgan fingerprint density at radius 2 is 1.96 bits per heavy atom. The Morgan fingerprint density at radius 3 is 2.63 bits per heavy atom. The van der Waals surface area contributed by atoms with Gasteiger partial charge in [0, 0.05) is 6.07 Å². The lowest BCUT2D eigenvalue weighted by molar-refractivity contribution is -0.385. The molecule has 138 valence electrons. The molecule has 1 aliphatic heterocycles. The minimum atomic E-state index is -0.461. The van der Waals surface area contributed by atoms with Gasteiger partial charge in [-0.2, -0.15) is 0 Å². The molecule has 1 heterocycles. The number of hydrogen-bond donors (Lipinski definition) is 1. The van der Waals surface area contributed by atoms with Gasteiger partial charge >= 0.3 is 0 Å². The van der Waals surface area contributed by atoms with Gasteiger partial charge in [0.2, 0.25) is 0 Å². The smallest absolute Gasteiger partial charge is 0.290 e. The van der Waals surface area contributed by atoms with Crippen LogP contribution in [0.25, 0.3) is 6.08 Å². The summed E-state index contributed by atoms with van der Waals surface area (Å²) in [6.07, 6.45) is 1.57. The highest BCUT2D eigenvalue weighted by atomic mass is 32.2. The molecule has 2 aromatic carbocycles. The number of benzene rings is 2. The molecule has 0 aromatic heterocycles. The molecule has 0 aliphatic carbocycles. The number of amides is 2. The zero-order valence-electron chi connectivity index (χ0n) is 14.1. The van der Waals surface area contributed by atoms with Gasteiger partial charge in [0.25, 0.3) is 16.8 Å². The lowest BCUT2D eigenvalue weighted by Gasteiger charge is -2.11. The number of thioether (sulfide) groups is 1. The molecule has 0 spiro atoms.